The fraction of sp³-hybridized carbons (Fsp3) is 0.263. The summed E-state index contributed by atoms with van der Waals surface area (Å²) in [6, 6.07) is 11.5. The molecule has 0 atom stereocenters. The number of fused-ring (bicyclic) bond motifs is 1. The fourth-order valence-corrected chi connectivity index (χ4v) is 3.24. The van der Waals surface area contributed by atoms with Crippen molar-refractivity contribution in [2.75, 3.05) is 11.9 Å². The van der Waals surface area contributed by atoms with Gasteiger partial charge in [0.15, 0.2) is 11.9 Å². The van der Waals surface area contributed by atoms with Crippen LogP contribution in [0, 0.1) is 0 Å². The molecule has 0 unspecified atom stereocenters. The number of likely N-dealkylation sites (N-methyl/N-ethyl adjacent to an activating group) is 1. The summed E-state index contributed by atoms with van der Waals surface area (Å²) < 4.78 is 1.68. The van der Waals surface area contributed by atoms with Gasteiger partial charge in [0, 0.05) is 36.0 Å². The van der Waals surface area contributed by atoms with Crippen LogP contribution in [0.3, 0.4) is 0 Å². The van der Waals surface area contributed by atoms with E-state index in [1.54, 1.807) is 35.2 Å². The number of pyridine rings is 1. The van der Waals surface area contributed by atoms with E-state index in [1.807, 2.05) is 19.2 Å². The normalized spacial score (nSPS) is 16.6. The second kappa shape index (κ2) is 6.65. The number of carbonyl (C=O) groups excluding carboxylic acids is 1. The molecule has 4 nitrogen and oxygen atoms in total. The van der Waals surface area contributed by atoms with E-state index in [9.17, 15) is 9.90 Å². The molecule has 0 aliphatic carbocycles. The number of allylic oxidation sites excluding steroid dienone is 2. The van der Waals surface area contributed by atoms with E-state index < -0.39 is 0 Å². The van der Waals surface area contributed by atoms with E-state index in [4.69, 9.17) is 0 Å². The third-order valence-electron chi connectivity index (χ3n) is 4.42. The van der Waals surface area contributed by atoms with Gasteiger partial charge < -0.3 is 22.4 Å². The Kier molecular flexibility index (Phi) is 4.99. The van der Waals surface area contributed by atoms with Crippen LogP contribution in [0.2, 0.25) is 0 Å². The molecule has 24 heavy (non-hydrogen) atoms. The second-order valence-electron chi connectivity index (χ2n) is 6.43. The van der Waals surface area contributed by atoms with Gasteiger partial charge in [0.1, 0.15) is 0 Å². The van der Waals surface area contributed by atoms with Gasteiger partial charge in [0.2, 0.25) is 18.5 Å². The molecule has 0 bridgehead atoms. The maximum Gasteiger partial charge on any atom is 0.222 e. The first-order valence-electron chi connectivity index (χ1n) is 7.66. The van der Waals surface area contributed by atoms with E-state index in [0.717, 1.165) is 11.4 Å². The highest BCUT2D eigenvalue weighted by atomic mass is 35.5. The molecular formula is C19H21ClN2O2. The zero-order chi connectivity index (χ0) is 16.6. The molecule has 0 fully saturated rings. The van der Waals surface area contributed by atoms with Gasteiger partial charge in [-0.3, -0.25) is 4.79 Å². The quantitative estimate of drug-likeness (QED) is 0.607. The number of aromatic nitrogens is 1. The number of nitrogens with zero attached hydrogens (tertiary/aromatic N) is 2. The highest BCUT2D eigenvalue weighted by molar-refractivity contribution is 5.91. The van der Waals surface area contributed by atoms with E-state index in [1.165, 1.54) is 5.56 Å². The van der Waals surface area contributed by atoms with Crippen LogP contribution in [-0.2, 0) is 16.8 Å². The standard InChI is InChI=1S/C19H20N2O2.ClH/c1-19(2)16-8-4-5-9-17(16)20(3)18(19)11-15(23)13-21-10-6-7-14(22)12-21;/h4-12H,13H2,1-3H3;1H/b18-11-;. The zero-order valence-electron chi connectivity index (χ0n) is 14.0. The lowest BCUT2D eigenvalue weighted by molar-refractivity contribution is -0.684. The van der Waals surface area contributed by atoms with Crippen LogP contribution in [-0.4, -0.2) is 17.9 Å². The van der Waals surface area contributed by atoms with Gasteiger partial charge in [-0.25, -0.2) is 0 Å². The molecule has 1 aromatic carbocycles. The van der Waals surface area contributed by atoms with Crippen LogP contribution in [0.15, 0.2) is 60.6 Å². The minimum absolute atomic E-state index is 0. The number of ketones is 1. The third kappa shape index (κ3) is 3.15. The van der Waals surface area contributed by atoms with Gasteiger partial charge in [-0.15, -0.1) is 0 Å². The summed E-state index contributed by atoms with van der Waals surface area (Å²) in [5.74, 6) is 0.155. The molecule has 2 heterocycles. The predicted octanol–water partition coefficient (Wildman–Crippen LogP) is -0.436. The smallest absolute Gasteiger partial charge is 0.222 e. The molecule has 5 heteroatoms. The number of benzene rings is 1. The first-order chi connectivity index (χ1) is 10.9. The van der Waals surface area contributed by atoms with Crippen molar-refractivity contribution >= 4 is 11.5 Å². The molecule has 0 radical (unpaired) electrons. The van der Waals surface area contributed by atoms with Gasteiger partial charge in [0.05, 0.1) is 0 Å². The monoisotopic (exact) mass is 344 g/mol. The van der Waals surface area contributed by atoms with Crippen molar-refractivity contribution in [2.45, 2.75) is 25.8 Å². The predicted molar refractivity (Wildman–Crippen MR) is 89.3 cm³/mol. The fourth-order valence-electron chi connectivity index (χ4n) is 3.24. The molecule has 1 aliphatic heterocycles. The molecule has 0 saturated heterocycles. The van der Waals surface area contributed by atoms with E-state index in [0.29, 0.717) is 0 Å². The minimum atomic E-state index is -0.204. The molecule has 1 N–H and O–H groups in total. The minimum Gasteiger partial charge on any atom is -1.00 e. The Bertz CT molecular complexity index is 799. The number of anilines is 1. The van der Waals surface area contributed by atoms with Crippen LogP contribution >= 0.6 is 0 Å². The number of hydrogen-bond acceptors (Lipinski definition) is 3. The molecule has 0 amide bonds. The van der Waals surface area contributed by atoms with E-state index in [2.05, 4.69) is 30.9 Å². The number of carbonyl (C=O) groups is 1. The van der Waals surface area contributed by atoms with Crippen molar-refractivity contribution in [3.05, 3.63) is 66.1 Å². The highest BCUT2D eigenvalue weighted by Crippen LogP contribution is 2.46. The molecule has 0 saturated carbocycles. The van der Waals surface area contributed by atoms with Gasteiger partial charge in [-0.2, -0.15) is 4.57 Å². The van der Waals surface area contributed by atoms with Gasteiger partial charge >= 0.3 is 0 Å². The molecule has 1 aliphatic rings. The number of halogens is 1. The Morgan fingerprint density at radius 3 is 2.62 bits per heavy atom. The lowest BCUT2D eigenvalue weighted by atomic mass is 9.83. The summed E-state index contributed by atoms with van der Waals surface area (Å²) in [4.78, 5) is 14.5. The molecule has 0 spiro atoms. The Labute approximate surface area is 148 Å². The van der Waals surface area contributed by atoms with Crippen molar-refractivity contribution < 1.29 is 26.9 Å². The maximum absolute atomic E-state index is 12.5. The summed E-state index contributed by atoms with van der Waals surface area (Å²) in [7, 11) is 1.99. The lowest BCUT2D eigenvalue weighted by Gasteiger charge is -2.23. The van der Waals surface area contributed by atoms with Crippen LogP contribution in [0.5, 0.6) is 5.75 Å². The lowest BCUT2D eigenvalue weighted by Crippen LogP contribution is -3.00. The number of rotatable bonds is 3. The van der Waals surface area contributed by atoms with Crippen LogP contribution in [0.4, 0.5) is 5.69 Å². The Morgan fingerprint density at radius 2 is 1.96 bits per heavy atom. The summed E-state index contributed by atoms with van der Waals surface area (Å²) in [6.45, 7) is 4.48. The first kappa shape index (κ1) is 18.0. The van der Waals surface area contributed by atoms with Crippen molar-refractivity contribution in [1.29, 1.82) is 0 Å². The molecule has 2 aromatic rings. The van der Waals surface area contributed by atoms with Crippen molar-refractivity contribution in [3.8, 4) is 5.75 Å². The summed E-state index contributed by atoms with van der Waals surface area (Å²) in [5, 5.41) is 9.50. The third-order valence-corrected chi connectivity index (χ3v) is 4.42. The average molecular weight is 345 g/mol. The Morgan fingerprint density at radius 1 is 1.25 bits per heavy atom. The van der Waals surface area contributed by atoms with Crippen molar-refractivity contribution in [1.82, 2.24) is 0 Å². The van der Waals surface area contributed by atoms with Crippen molar-refractivity contribution in [3.63, 3.8) is 0 Å². The summed E-state index contributed by atoms with van der Waals surface area (Å²) in [5.41, 5.74) is 3.15. The second-order valence-corrected chi connectivity index (χ2v) is 6.43. The molecular weight excluding hydrogens is 324 g/mol. The van der Waals surface area contributed by atoms with Gasteiger partial charge in [-0.05, 0) is 17.7 Å². The Hall–Kier alpha value is -2.33. The molecule has 126 valence electrons. The number of aromatic hydroxyl groups is 1. The van der Waals surface area contributed by atoms with Crippen molar-refractivity contribution in [2.24, 2.45) is 0 Å². The Balaban J connectivity index is 0.00000208. The van der Waals surface area contributed by atoms with Gasteiger partial charge in [0.25, 0.3) is 0 Å². The largest absolute Gasteiger partial charge is 1.00 e. The highest BCUT2D eigenvalue weighted by Gasteiger charge is 2.38. The zero-order valence-corrected chi connectivity index (χ0v) is 14.8. The summed E-state index contributed by atoms with van der Waals surface area (Å²) >= 11 is 0. The topological polar surface area (TPSA) is 44.4 Å². The number of para-hydroxylation sites is 1. The molecule has 3 rings (SSSR count). The average Bonchev–Trinajstić information content (AvgIpc) is 2.69. The van der Waals surface area contributed by atoms with Gasteiger partial charge in [-0.1, -0.05) is 32.0 Å². The van der Waals surface area contributed by atoms with Crippen LogP contribution in [0.1, 0.15) is 19.4 Å². The van der Waals surface area contributed by atoms with Crippen LogP contribution < -0.4 is 21.9 Å². The molecule has 1 aromatic heterocycles. The van der Waals surface area contributed by atoms with E-state index >= 15 is 0 Å². The van der Waals surface area contributed by atoms with E-state index in [-0.39, 0.29) is 35.9 Å². The maximum atomic E-state index is 12.5. The SMILES string of the molecule is CN1/C(=C\C(=O)C[n+]2cccc(O)c2)C(C)(C)c2ccccc21.[Cl-]. The number of hydrogen-bond donors (Lipinski definition) is 1. The first-order valence-corrected chi connectivity index (χ1v) is 7.66. The summed E-state index contributed by atoms with van der Waals surface area (Å²) in [6.07, 6.45) is 5.04. The van der Waals surface area contributed by atoms with Crippen LogP contribution in [0.25, 0.3) is 0 Å².